The molecule has 0 aromatic carbocycles. The lowest BCUT2D eigenvalue weighted by Crippen LogP contribution is -2.34. The van der Waals surface area contributed by atoms with E-state index >= 15 is 0 Å². The Morgan fingerprint density at radius 1 is 0.423 bits per heavy atom. The molecule has 0 aliphatic carbocycles. The zero-order valence-corrected chi connectivity index (χ0v) is 38.4. The second-order valence-corrected chi connectivity index (χ2v) is 23.3. The molecule has 2 aliphatic rings. The Bertz CT molecular complexity index is 782. The highest BCUT2D eigenvalue weighted by Gasteiger charge is 2.39. The van der Waals surface area contributed by atoms with E-state index < -0.39 is 0 Å². The topological polar surface area (TPSA) is 52.6 Å². The van der Waals surface area contributed by atoms with E-state index in [9.17, 15) is 9.59 Å². The third-order valence-corrected chi connectivity index (χ3v) is 19.0. The van der Waals surface area contributed by atoms with Crippen LogP contribution >= 0.6 is 64.8 Å². The molecule has 0 amide bonds. The number of carbonyl (C=O) groups is 2. The van der Waals surface area contributed by atoms with Gasteiger partial charge in [0.25, 0.3) is 0 Å². The second kappa shape index (κ2) is 34.1. The van der Waals surface area contributed by atoms with Gasteiger partial charge in [-0.05, 0) is 12.8 Å². The van der Waals surface area contributed by atoms with Gasteiger partial charge in [0.2, 0.25) is 0 Å². The van der Waals surface area contributed by atoms with E-state index in [-0.39, 0.29) is 22.8 Å². The van der Waals surface area contributed by atoms with Crippen LogP contribution in [-0.4, -0.2) is 59.7 Å². The van der Waals surface area contributed by atoms with Crippen molar-refractivity contribution in [2.24, 2.45) is 10.8 Å². The summed E-state index contributed by atoms with van der Waals surface area (Å²) in [6.45, 7) is 5.66. The molecule has 52 heavy (non-hydrogen) atoms. The molecular formula is C42H78O4S6. The molecule has 306 valence electrons. The molecule has 0 aromatic heterocycles. The molecule has 0 spiro atoms. The first-order valence-electron chi connectivity index (χ1n) is 21.6. The molecule has 0 radical (unpaired) electrons. The van der Waals surface area contributed by atoms with Crippen LogP contribution in [0.15, 0.2) is 0 Å². The van der Waals surface area contributed by atoms with Crippen molar-refractivity contribution in [3.63, 3.8) is 0 Å². The standard InChI is InChI=1S/C42H78O4S6/c1-3-5-7-9-11-13-15-17-19-21-23-25-27-29-39(43)45-31-41(33-47-48-34-41)37-51-52-38-42(35-49-50-36-42)32-46-40(44)30-28-26-24-22-20-18-16-14-12-10-8-6-4-2/h3-38H2,1-2H3. The Morgan fingerprint density at radius 3 is 0.942 bits per heavy atom. The molecule has 0 bridgehead atoms. The number of rotatable bonds is 37. The van der Waals surface area contributed by atoms with Crippen LogP contribution in [0.4, 0.5) is 0 Å². The molecule has 0 unspecified atom stereocenters. The minimum Gasteiger partial charge on any atom is -0.465 e. The Hall–Kier alpha value is 1.04. The van der Waals surface area contributed by atoms with Gasteiger partial charge < -0.3 is 9.47 Å². The molecule has 4 nitrogen and oxygen atoms in total. The predicted molar refractivity (Wildman–Crippen MR) is 242 cm³/mol. The largest absolute Gasteiger partial charge is 0.465 e. The lowest BCUT2D eigenvalue weighted by Gasteiger charge is -2.28. The molecule has 0 N–H and O–H groups in total. The van der Waals surface area contributed by atoms with Gasteiger partial charge in [0, 0.05) is 58.2 Å². The highest BCUT2D eigenvalue weighted by atomic mass is 33.1. The number of ether oxygens (including phenoxy) is 2. The number of hydrogen-bond donors (Lipinski definition) is 0. The maximum Gasteiger partial charge on any atom is 0.305 e. The van der Waals surface area contributed by atoms with Crippen molar-refractivity contribution >= 4 is 76.7 Å². The summed E-state index contributed by atoms with van der Waals surface area (Å²) in [5.74, 6) is 6.16. The first kappa shape index (κ1) is 49.2. The molecule has 2 aliphatic heterocycles. The SMILES string of the molecule is CCCCCCCCCCCCCCCC(=O)OCC1(CSSCC2(COC(=O)CCCCCCCCCCCCCCC)CSSC2)CSSC1. The van der Waals surface area contributed by atoms with E-state index in [0.717, 1.165) is 60.2 Å². The Balaban J connectivity index is 1.49. The van der Waals surface area contributed by atoms with Crippen LogP contribution in [0.25, 0.3) is 0 Å². The molecule has 10 heteroatoms. The zero-order chi connectivity index (χ0) is 37.3. The summed E-state index contributed by atoms with van der Waals surface area (Å²) in [6, 6.07) is 0. The van der Waals surface area contributed by atoms with Crippen LogP contribution in [0.3, 0.4) is 0 Å². The van der Waals surface area contributed by atoms with Gasteiger partial charge in [-0.25, -0.2) is 0 Å². The molecule has 2 saturated heterocycles. The van der Waals surface area contributed by atoms with Gasteiger partial charge in [0.1, 0.15) is 0 Å². The van der Waals surface area contributed by atoms with Gasteiger partial charge in [-0.1, -0.05) is 233 Å². The van der Waals surface area contributed by atoms with Crippen molar-refractivity contribution in [3.05, 3.63) is 0 Å². The van der Waals surface area contributed by atoms with Crippen molar-refractivity contribution < 1.29 is 19.1 Å². The minimum atomic E-state index is -0.0124. The Kier molecular flexibility index (Phi) is 32.3. The monoisotopic (exact) mass is 838 g/mol. The van der Waals surface area contributed by atoms with E-state index in [1.807, 2.05) is 64.8 Å². The van der Waals surface area contributed by atoms with Crippen molar-refractivity contribution in [2.75, 3.05) is 47.7 Å². The fourth-order valence-corrected chi connectivity index (χ4v) is 17.2. The highest BCUT2D eigenvalue weighted by Crippen LogP contribution is 2.50. The van der Waals surface area contributed by atoms with Crippen LogP contribution in [0.2, 0.25) is 0 Å². The smallest absolute Gasteiger partial charge is 0.305 e. The van der Waals surface area contributed by atoms with Gasteiger partial charge >= 0.3 is 11.9 Å². The summed E-state index contributed by atoms with van der Waals surface area (Å²) in [5.41, 5.74) is 0.122. The van der Waals surface area contributed by atoms with Crippen LogP contribution in [0, 0.1) is 10.8 Å². The molecule has 0 atom stereocenters. The third kappa shape index (κ3) is 26.1. The van der Waals surface area contributed by atoms with E-state index in [1.54, 1.807) is 0 Å². The van der Waals surface area contributed by atoms with Crippen molar-refractivity contribution in [3.8, 4) is 0 Å². The fraction of sp³-hybridized carbons (Fsp3) is 0.952. The first-order chi connectivity index (χ1) is 25.5. The fourth-order valence-electron chi connectivity index (χ4n) is 6.69. The maximum atomic E-state index is 12.6. The summed E-state index contributed by atoms with van der Waals surface area (Å²) in [5, 5.41) is 0. The lowest BCUT2D eigenvalue weighted by molar-refractivity contribution is -0.147. The summed E-state index contributed by atoms with van der Waals surface area (Å²) < 4.78 is 11.8. The van der Waals surface area contributed by atoms with Crippen LogP contribution < -0.4 is 0 Å². The van der Waals surface area contributed by atoms with E-state index in [4.69, 9.17) is 9.47 Å². The molecular weight excluding hydrogens is 761 g/mol. The molecule has 2 heterocycles. The molecule has 0 saturated carbocycles. The highest BCUT2D eigenvalue weighted by molar-refractivity contribution is 8.78. The number of hydrogen-bond acceptors (Lipinski definition) is 10. The Labute approximate surface area is 345 Å². The van der Waals surface area contributed by atoms with E-state index in [0.29, 0.717) is 26.1 Å². The minimum absolute atomic E-state index is 0.0124. The number of unbranched alkanes of at least 4 members (excludes halogenated alkanes) is 24. The summed E-state index contributed by atoms with van der Waals surface area (Å²) >= 11 is 0. The first-order valence-corrected chi connectivity index (χ1v) is 29.0. The molecule has 2 fully saturated rings. The second-order valence-electron chi connectivity index (χ2n) is 15.9. The van der Waals surface area contributed by atoms with Gasteiger partial charge in [-0.15, -0.1) is 0 Å². The Morgan fingerprint density at radius 2 is 0.673 bits per heavy atom. The van der Waals surface area contributed by atoms with Crippen LogP contribution in [0.1, 0.15) is 194 Å². The van der Waals surface area contributed by atoms with Gasteiger partial charge in [0.05, 0.1) is 13.2 Å². The quantitative estimate of drug-likeness (QED) is 0.0343. The van der Waals surface area contributed by atoms with Crippen molar-refractivity contribution in [1.29, 1.82) is 0 Å². The molecule has 0 aromatic rings. The number of esters is 2. The van der Waals surface area contributed by atoms with Gasteiger partial charge in [-0.2, -0.15) is 0 Å². The van der Waals surface area contributed by atoms with E-state index in [1.165, 1.54) is 141 Å². The molecule has 2 rings (SSSR count). The van der Waals surface area contributed by atoms with Crippen molar-refractivity contribution in [2.45, 2.75) is 194 Å². The summed E-state index contributed by atoms with van der Waals surface area (Å²) in [7, 11) is 11.5. The van der Waals surface area contributed by atoms with Crippen LogP contribution in [0.5, 0.6) is 0 Å². The van der Waals surface area contributed by atoms with Gasteiger partial charge in [0.15, 0.2) is 0 Å². The average Bonchev–Trinajstić information content (AvgIpc) is 3.83. The summed E-state index contributed by atoms with van der Waals surface area (Å²) in [6.07, 6.45) is 35.4. The normalized spacial score (nSPS) is 16.4. The number of carbonyl (C=O) groups excluding carboxylic acids is 2. The third-order valence-electron chi connectivity index (χ3n) is 10.5. The predicted octanol–water partition coefficient (Wildman–Crippen LogP) is 15.2. The lowest BCUT2D eigenvalue weighted by atomic mass is 9.97. The zero-order valence-electron chi connectivity index (χ0n) is 33.5. The maximum absolute atomic E-state index is 12.6. The van der Waals surface area contributed by atoms with Crippen LogP contribution in [-0.2, 0) is 19.1 Å². The average molecular weight is 839 g/mol. The van der Waals surface area contributed by atoms with Crippen molar-refractivity contribution in [1.82, 2.24) is 0 Å². The summed E-state index contributed by atoms with van der Waals surface area (Å²) in [4.78, 5) is 25.2. The van der Waals surface area contributed by atoms with Gasteiger partial charge in [-0.3, -0.25) is 9.59 Å². The van der Waals surface area contributed by atoms with E-state index in [2.05, 4.69) is 13.8 Å².